The summed E-state index contributed by atoms with van der Waals surface area (Å²) in [5.74, 6) is 0.738. The predicted octanol–water partition coefficient (Wildman–Crippen LogP) is 4.06. The number of nitrogens with one attached hydrogen (secondary N) is 2. The topological polar surface area (TPSA) is 70.9 Å². The first-order chi connectivity index (χ1) is 12.1. The standard InChI is InChI=1S/C18H17BrN6/c1-11(2)15-9-21-18-17(22-16(19)10-25(15)18)20-8-7-14-12-5-3-4-6-13(12)23-24-14/h3-6,9-10H,1,7-8H2,2H3,(H,20,22)(H,23,24). The Balaban J connectivity index is 1.58. The highest BCUT2D eigenvalue weighted by Gasteiger charge is 2.11. The maximum absolute atomic E-state index is 4.52. The fourth-order valence-electron chi connectivity index (χ4n) is 2.90. The Labute approximate surface area is 153 Å². The molecule has 0 aliphatic rings. The minimum absolute atomic E-state index is 0.712. The smallest absolute Gasteiger partial charge is 0.180 e. The van der Waals surface area contributed by atoms with E-state index in [9.17, 15) is 0 Å². The summed E-state index contributed by atoms with van der Waals surface area (Å²) in [5, 5.41) is 12.0. The predicted molar refractivity (Wildman–Crippen MR) is 104 cm³/mol. The molecule has 0 saturated carbocycles. The minimum atomic E-state index is 0.712. The zero-order chi connectivity index (χ0) is 17.4. The van der Waals surface area contributed by atoms with Gasteiger partial charge in [0, 0.05) is 24.5 Å². The van der Waals surface area contributed by atoms with Crippen molar-refractivity contribution in [3.8, 4) is 0 Å². The molecule has 126 valence electrons. The highest BCUT2D eigenvalue weighted by molar-refractivity contribution is 9.10. The molecule has 0 aliphatic heterocycles. The first-order valence-electron chi connectivity index (χ1n) is 7.99. The van der Waals surface area contributed by atoms with Crippen molar-refractivity contribution >= 4 is 43.9 Å². The number of aromatic nitrogens is 5. The zero-order valence-electron chi connectivity index (χ0n) is 13.8. The second-order valence-electron chi connectivity index (χ2n) is 5.92. The summed E-state index contributed by atoms with van der Waals surface area (Å²) in [4.78, 5) is 9.00. The lowest BCUT2D eigenvalue weighted by atomic mass is 10.2. The monoisotopic (exact) mass is 396 g/mol. The molecule has 0 saturated heterocycles. The average molecular weight is 397 g/mol. The molecule has 25 heavy (non-hydrogen) atoms. The third kappa shape index (κ3) is 2.91. The normalized spacial score (nSPS) is 11.3. The SMILES string of the molecule is C=C(C)c1cnc2c(NCCc3n[nH]c4ccccc34)nc(Br)cn12. The number of benzene rings is 1. The van der Waals surface area contributed by atoms with Crippen LogP contribution in [0.3, 0.4) is 0 Å². The van der Waals surface area contributed by atoms with Gasteiger partial charge in [-0.1, -0.05) is 24.8 Å². The summed E-state index contributed by atoms with van der Waals surface area (Å²) in [7, 11) is 0. The van der Waals surface area contributed by atoms with Crippen molar-refractivity contribution < 1.29 is 0 Å². The van der Waals surface area contributed by atoms with Crippen molar-refractivity contribution in [3.63, 3.8) is 0 Å². The molecule has 0 bridgehead atoms. The first kappa shape index (κ1) is 15.8. The lowest BCUT2D eigenvalue weighted by Crippen LogP contribution is -2.09. The summed E-state index contributed by atoms with van der Waals surface area (Å²) in [6.07, 6.45) is 4.51. The van der Waals surface area contributed by atoms with E-state index in [2.05, 4.69) is 54.1 Å². The van der Waals surface area contributed by atoms with Crippen LogP contribution < -0.4 is 5.32 Å². The van der Waals surface area contributed by atoms with Crippen LogP contribution in [0, 0.1) is 0 Å². The number of hydrogen-bond donors (Lipinski definition) is 2. The number of allylic oxidation sites excluding steroid dienone is 1. The number of hydrogen-bond acceptors (Lipinski definition) is 4. The van der Waals surface area contributed by atoms with Gasteiger partial charge in [-0.2, -0.15) is 5.10 Å². The summed E-state index contributed by atoms with van der Waals surface area (Å²) >= 11 is 3.47. The average Bonchev–Trinajstić information content (AvgIpc) is 3.19. The number of anilines is 1. The van der Waals surface area contributed by atoms with Crippen LogP contribution in [0.15, 0.2) is 47.8 Å². The highest BCUT2D eigenvalue weighted by Crippen LogP contribution is 2.22. The van der Waals surface area contributed by atoms with E-state index in [0.29, 0.717) is 6.54 Å². The van der Waals surface area contributed by atoms with Gasteiger partial charge in [0.2, 0.25) is 0 Å². The van der Waals surface area contributed by atoms with Gasteiger partial charge in [0.25, 0.3) is 0 Å². The molecule has 1 aromatic carbocycles. The van der Waals surface area contributed by atoms with E-state index in [4.69, 9.17) is 0 Å². The molecule has 6 nitrogen and oxygen atoms in total. The van der Waals surface area contributed by atoms with Crippen LogP contribution in [-0.2, 0) is 6.42 Å². The van der Waals surface area contributed by atoms with Gasteiger partial charge in [0.15, 0.2) is 11.5 Å². The van der Waals surface area contributed by atoms with Gasteiger partial charge in [-0.05, 0) is 34.5 Å². The molecular formula is C18H17BrN6. The third-order valence-electron chi connectivity index (χ3n) is 4.10. The van der Waals surface area contributed by atoms with Gasteiger partial charge in [0.05, 0.1) is 23.1 Å². The van der Waals surface area contributed by atoms with E-state index in [1.807, 2.05) is 41.9 Å². The Bertz CT molecular complexity index is 1080. The molecule has 0 aliphatic carbocycles. The summed E-state index contributed by atoms with van der Waals surface area (Å²) in [6.45, 7) is 6.68. The summed E-state index contributed by atoms with van der Waals surface area (Å²) in [5.41, 5.74) is 4.81. The lowest BCUT2D eigenvalue weighted by Gasteiger charge is -2.08. The van der Waals surface area contributed by atoms with Crippen molar-refractivity contribution in [2.75, 3.05) is 11.9 Å². The Morgan fingerprint density at radius 2 is 2.20 bits per heavy atom. The molecule has 4 aromatic rings. The maximum Gasteiger partial charge on any atom is 0.180 e. The van der Waals surface area contributed by atoms with E-state index < -0.39 is 0 Å². The van der Waals surface area contributed by atoms with Crippen LogP contribution in [0.1, 0.15) is 18.3 Å². The summed E-state index contributed by atoms with van der Waals surface area (Å²) in [6, 6.07) is 8.14. The fourth-order valence-corrected chi connectivity index (χ4v) is 3.29. The van der Waals surface area contributed by atoms with Gasteiger partial charge in [-0.15, -0.1) is 0 Å². The zero-order valence-corrected chi connectivity index (χ0v) is 15.3. The van der Waals surface area contributed by atoms with E-state index in [1.165, 1.54) is 0 Å². The van der Waals surface area contributed by atoms with Gasteiger partial charge >= 0.3 is 0 Å². The number of para-hydroxylation sites is 1. The van der Waals surface area contributed by atoms with Gasteiger partial charge in [-0.3, -0.25) is 9.50 Å². The number of H-pyrrole nitrogens is 1. The summed E-state index contributed by atoms with van der Waals surface area (Å²) < 4.78 is 2.74. The minimum Gasteiger partial charge on any atom is -0.367 e. The van der Waals surface area contributed by atoms with Crippen LogP contribution in [-0.4, -0.2) is 31.1 Å². The molecule has 7 heteroatoms. The molecule has 3 aromatic heterocycles. The van der Waals surface area contributed by atoms with Gasteiger partial charge in [-0.25, -0.2) is 9.97 Å². The second kappa shape index (κ2) is 6.33. The Kier molecular flexibility index (Phi) is 4.01. The van der Waals surface area contributed by atoms with Crippen LogP contribution in [0.5, 0.6) is 0 Å². The molecule has 0 spiro atoms. The quantitative estimate of drug-likeness (QED) is 0.533. The van der Waals surface area contributed by atoms with Crippen LogP contribution in [0.4, 0.5) is 5.82 Å². The van der Waals surface area contributed by atoms with Crippen LogP contribution in [0.2, 0.25) is 0 Å². The van der Waals surface area contributed by atoms with Gasteiger partial charge < -0.3 is 5.32 Å². The van der Waals surface area contributed by atoms with Crippen molar-refractivity contribution in [3.05, 3.63) is 59.2 Å². The Morgan fingerprint density at radius 1 is 1.36 bits per heavy atom. The van der Waals surface area contributed by atoms with Crippen molar-refractivity contribution in [1.82, 2.24) is 24.6 Å². The van der Waals surface area contributed by atoms with E-state index in [1.54, 1.807) is 0 Å². The molecule has 0 radical (unpaired) electrons. The van der Waals surface area contributed by atoms with E-state index in [-0.39, 0.29) is 0 Å². The van der Waals surface area contributed by atoms with E-state index >= 15 is 0 Å². The van der Waals surface area contributed by atoms with E-state index in [0.717, 1.165) is 50.4 Å². The number of halogens is 1. The van der Waals surface area contributed by atoms with Crippen LogP contribution >= 0.6 is 15.9 Å². The van der Waals surface area contributed by atoms with Gasteiger partial charge in [0.1, 0.15) is 4.60 Å². The van der Waals surface area contributed by atoms with Crippen molar-refractivity contribution in [2.24, 2.45) is 0 Å². The fraction of sp³-hybridized carbons (Fsp3) is 0.167. The molecular weight excluding hydrogens is 380 g/mol. The van der Waals surface area contributed by atoms with Crippen molar-refractivity contribution in [2.45, 2.75) is 13.3 Å². The molecule has 0 unspecified atom stereocenters. The lowest BCUT2D eigenvalue weighted by molar-refractivity contribution is 0.930. The number of fused-ring (bicyclic) bond motifs is 2. The molecule has 0 atom stereocenters. The number of imidazole rings is 1. The maximum atomic E-state index is 4.52. The third-order valence-corrected chi connectivity index (χ3v) is 4.49. The van der Waals surface area contributed by atoms with Crippen LogP contribution in [0.25, 0.3) is 22.1 Å². The highest BCUT2D eigenvalue weighted by atomic mass is 79.9. The largest absolute Gasteiger partial charge is 0.367 e. The van der Waals surface area contributed by atoms with Crippen molar-refractivity contribution in [1.29, 1.82) is 0 Å². The number of aromatic amines is 1. The Hall–Kier alpha value is -2.67. The Morgan fingerprint density at radius 3 is 3.04 bits per heavy atom. The number of nitrogens with zero attached hydrogens (tertiary/aromatic N) is 4. The first-order valence-corrected chi connectivity index (χ1v) is 8.78. The molecule has 3 heterocycles. The molecule has 2 N–H and O–H groups in total. The molecule has 4 rings (SSSR count). The molecule has 0 amide bonds. The number of rotatable bonds is 5. The second-order valence-corrected chi connectivity index (χ2v) is 6.73. The molecule has 0 fully saturated rings.